The van der Waals surface area contributed by atoms with Gasteiger partial charge in [-0.05, 0) is 73.7 Å². The largest absolute Gasteiger partial charge is 0.303 e. The van der Waals surface area contributed by atoms with Gasteiger partial charge in [0, 0.05) is 6.42 Å². The zero-order valence-corrected chi connectivity index (χ0v) is 18.1. The average Bonchev–Trinajstić information content (AvgIpc) is 2.54. The van der Waals surface area contributed by atoms with Gasteiger partial charge in [-0.1, -0.05) is 59.5 Å². The van der Waals surface area contributed by atoms with E-state index in [1.807, 2.05) is 0 Å². The monoisotopic (exact) mass is 362 g/mol. The molecule has 2 rings (SSSR count). The molecular weight excluding hydrogens is 320 g/mol. The molecule has 2 nitrogen and oxygen atoms in total. The Hall–Kier alpha value is -0.920. The topological polar surface area (TPSA) is 34.1 Å². The summed E-state index contributed by atoms with van der Waals surface area (Å²) in [5.41, 5.74) is 2.25. The standard InChI is InChI=1S/C12H22O.C12H20O/c2*1-10(6-8-13)11-5-4-7-12(2,3)9-11/h8,10-11H,4-7,9H2,1-3H3;6,8,11H,4-5,7,9H2,1-3H3/b;10-6+. The molecule has 0 aliphatic heterocycles. The van der Waals surface area contributed by atoms with Crippen LogP contribution >= 0.6 is 0 Å². The molecule has 2 aliphatic rings. The summed E-state index contributed by atoms with van der Waals surface area (Å²) in [6.07, 6.45) is 15.0. The van der Waals surface area contributed by atoms with E-state index in [1.165, 1.54) is 56.9 Å². The van der Waals surface area contributed by atoms with Crippen molar-refractivity contribution >= 4 is 12.6 Å². The fourth-order valence-electron chi connectivity index (χ4n) is 4.92. The molecular formula is C24H42O2. The molecule has 0 radical (unpaired) electrons. The van der Waals surface area contributed by atoms with Crippen molar-refractivity contribution in [3.63, 3.8) is 0 Å². The molecule has 0 spiro atoms. The molecule has 0 aromatic heterocycles. The lowest BCUT2D eigenvalue weighted by Gasteiger charge is -2.37. The first kappa shape index (κ1) is 23.1. The molecule has 0 amide bonds. The lowest BCUT2D eigenvalue weighted by Crippen LogP contribution is -2.26. The zero-order valence-electron chi connectivity index (χ0n) is 18.1. The van der Waals surface area contributed by atoms with Crippen molar-refractivity contribution in [3.8, 4) is 0 Å². The van der Waals surface area contributed by atoms with E-state index in [9.17, 15) is 9.59 Å². The van der Waals surface area contributed by atoms with Crippen LogP contribution in [0.3, 0.4) is 0 Å². The Morgan fingerprint density at radius 1 is 1.00 bits per heavy atom. The van der Waals surface area contributed by atoms with Crippen molar-refractivity contribution in [2.45, 2.75) is 99.3 Å². The average molecular weight is 363 g/mol. The van der Waals surface area contributed by atoms with Gasteiger partial charge in [0.2, 0.25) is 0 Å². The van der Waals surface area contributed by atoms with E-state index in [1.54, 1.807) is 6.08 Å². The lowest BCUT2D eigenvalue weighted by molar-refractivity contribution is -0.109. The number of carbonyl (C=O) groups excluding carboxylic acids is 2. The SMILES string of the molecule is C/C(=C\C=O)C1CCCC(C)(C)C1.CC(CC=O)C1CCCC(C)(C)C1. The van der Waals surface area contributed by atoms with Gasteiger partial charge in [0.25, 0.3) is 0 Å². The third-order valence-electron chi connectivity index (χ3n) is 6.70. The van der Waals surface area contributed by atoms with Gasteiger partial charge >= 0.3 is 0 Å². The predicted molar refractivity (Wildman–Crippen MR) is 111 cm³/mol. The minimum atomic E-state index is 0.473. The summed E-state index contributed by atoms with van der Waals surface area (Å²) >= 11 is 0. The smallest absolute Gasteiger partial charge is 0.142 e. The predicted octanol–water partition coefficient (Wildman–Crippen LogP) is 6.78. The van der Waals surface area contributed by atoms with Crippen molar-refractivity contribution in [3.05, 3.63) is 11.6 Å². The number of hydrogen-bond acceptors (Lipinski definition) is 2. The van der Waals surface area contributed by atoms with E-state index in [0.717, 1.165) is 24.9 Å². The first-order chi connectivity index (χ1) is 12.1. The summed E-state index contributed by atoms with van der Waals surface area (Å²) in [6.45, 7) is 13.7. The molecule has 3 atom stereocenters. The quantitative estimate of drug-likeness (QED) is 0.399. The van der Waals surface area contributed by atoms with Crippen molar-refractivity contribution in [1.82, 2.24) is 0 Å². The summed E-state index contributed by atoms with van der Waals surface area (Å²) in [5, 5.41) is 0. The highest BCUT2D eigenvalue weighted by Crippen LogP contribution is 2.42. The van der Waals surface area contributed by atoms with Crippen molar-refractivity contribution in [2.24, 2.45) is 28.6 Å². The molecule has 0 N–H and O–H groups in total. The molecule has 26 heavy (non-hydrogen) atoms. The Bertz CT molecular complexity index is 473. The molecule has 0 aromatic carbocycles. The second-order valence-electron chi connectivity index (χ2n) is 10.4. The Labute approximate surface area is 162 Å². The van der Waals surface area contributed by atoms with E-state index < -0.39 is 0 Å². The van der Waals surface area contributed by atoms with Crippen LogP contribution in [-0.2, 0) is 9.59 Å². The van der Waals surface area contributed by atoms with Crippen molar-refractivity contribution < 1.29 is 9.59 Å². The maximum absolute atomic E-state index is 10.4. The van der Waals surface area contributed by atoms with E-state index in [4.69, 9.17) is 0 Å². The molecule has 2 aliphatic carbocycles. The molecule has 2 heteroatoms. The number of allylic oxidation sites excluding steroid dienone is 2. The fourth-order valence-corrected chi connectivity index (χ4v) is 4.92. The first-order valence-electron chi connectivity index (χ1n) is 10.7. The van der Waals surface area contributed by atoms with Gasteiger partial charge in [0.1, 0.15) is 12.6 Å². The number of aldehydes is 2. The van der Waals surface area contributed by atoms with Gasteiger partial charge in [-0.3, -0.25) is 4.79 Å². The zero-order chi connectivity index (χ0) is 19.8. The van der Waals surface area contributed by atoms with Crippen LogP contribution < -0.4 is 0 Å². The second-order valence-corrected chi connectivity index (χ2v) is 10.4. The van der Waals surface area contributed by atoms with Crippen molar-refractivity contribution in [2.75, 3.05) is 0 Å². The van der Waals surface area contributed by atoms with Crippen LogP contribution in [-0.4, -0.2) is 12.6 Å². The molecule has 0 aromatic rings. The Morgan fingerprint density at radius 2 is 1.58 bits per heavy atom. The van der Waals surface area contributed by atoms with Crippen LogP contribution in [0.2, 0.25) is 0 Å². The van der Waals surface area contributed by atoms with E-state index in [2.05, 4.69) is 41.5 Å². The van der Waals surface area contributed by atoms with Gasteiger partial charge in [0.15, 0.2) is 0 Å². The molecule has 2 fully saturated rings. The highest BCUT2D eigenvalue weighted by molar-refractivity contribution is 5.66. The highest BCUT2D eigenvalue weighted by Gasteiger charge is 2.30. The van der Waals surface area contributed by atoms with E-state index in [0.29, 0.717) is 22.7 Å². The first-order valence-corrected chi connectivity index (χ1v) is 10.7. The van der Waals surface area contributed by atoms with Gasteiger partial charge < -0.3 is 4.79 Å². The summed E-state index contributed by atoms with van der Waals surface area (Å²) < 4.78 is 0. The Balaban J connectivity index is 0.000000260. The van der Waals surface area contributed by atoms with Crippen LogP contribution in [0, 0.1) is 28.6 Å². The minimum absolute atomic E-state index is 0.473. The van der Waals surface area contributed by atoms with Crippen LogP contribution in [0.15, 0.2) is 11.6 Å². The lowest BCUT2D eigenvalue weighted by atomic mass is 9.68. The normalized spacial score (nSPS) is 29.1. The van der Waals surface area contributed by atoms with Gasteiger partial charge in [-0.2, -0.15) is 0 Å². The molecule has 0 heterocycles. The third kappa shape index (κ3) is 8.18. The molecule has 150 valence electrons. The fraction of sp³-hybridized carbons (Fsp3) is 0.833. The van der Waals surface area contributed by atoms with E-state index in [-0.39, 0.29) is 0 Å². The summed E-state index contributed by atoms with van der Waals surface area (Å²) in [6, 6.07) is 0. The maximum atomic E-state index is 10.4. The number of rotatable bonds is 5. The van der Waals surface area contributed by atoms with Crippen LogP contribution in [0.25, 0.3) is 0 Å². The molecule has 0 saturated heterocycles. The third-order valence-corrected chi connectivity index (χ3v) is 6.70. The van der Waals surface area contributed by atoms with Gasteiger partial charge in [-0.15, -0.1) is 0 Å². The molecule has 3 unspecified atom stereocenters. The summed E-state index contributed by atoms with van der Waals surface area (Å²) in [4.78, 5) is 20.8. The van der Waals surface area contributed by atoms with Gasteiger partial charge in [0.05, 0.1) is 0 Å². The van der Waals surface area contributed by atoms with Crippen LogP contribution in [0.1, 0.15) is 99.3 Å². The Kier molecular flexibility index (Phi) is 9.27. The molecule has 0 bridgehead atoms. The highest BCUT2D eigenvalue weighted by atomic mass is 16.1. The maximum Gasteiger partial charge on any atom is 0.142 e. The van der Waals surface area contributed by atoms with E-state index >= 15 is 0 Å². The van der Waals surface area contributed by atoms with Crippen LogP contribution in [0.5, 0.6) is 0 Å². The minimum Gasteiger partial charge on any atom is -0.303 e. The molecule has 2 saturated carbocycles. The summed E-state index contributed by atoms with van der Waals surface area (Å²) in [7, 11) is 0. The second kappa shape index (κ2) is 10.4. The number of hydrogen-bond donors (Lipinski definition) is 0. The summed E-state index contributed by atoms with van der Waals surface area (Å²) in [5.74, 6) is 2.03. The van der Waals surface area contributed by atoms with Crippen molar-refractivity contribution in [1.29, 1.82) is 0 Å². The number of carbonyl (C=O) groups is 2. The Morgan fingerprint density at radius 3 is 2.08 bits per heavy atom. The van der Waals surface area contributed by atoms with Crippen LogP contribution in [0.4, 0.5) is 0 Å². The van der Waals surface area contributed by atoms with Gasteiger partial charge in [-0.25, -0.2) is 0 Å².